The van der Waals surface area contributed by atoms with Crippen LogP contribution in [0.3, 0.4) is 0 Å². The SMILES string of the molecule is CSC1CCCC1n1c(=S)[nH]c2c(F)cccc21. The molecule has 1 aromatic heterocycles. The molecule has 1 heterocycles. The van der Waals surface area contributed by atoms with Crippen LogP contribution in [-0.2, 0) is 0 Å². The van der Waals surface area contributed by atoms with Gasteiger partial charge < -0.3 is 9.55 Å². The number of aromatic nitrogens is 2. The lowest BCUT2D eigenvalue weighted by Gasteiger charge is -2.20. The second-order valence-electron chi connectivity index (χ2n) is 4.71. The fourth-order valence-electron chi connectivity index (χ4n) is 2.92. The van der Waals surface area contributed by atoms with E-state index in [0.29, 0.717) is 21.6 Å². The van der Waals surface area contributed by atoms with Gasteiger partial charge in [-0.15, -0.1) is 0 Å². The molecule has 0 amide bonds. The van der Waals surface area contributed by atoms with Gasteiger partial charge in [-0.25, -0.2) is 4.39 Å². The minimum absolute atomic E-state index is 0.226. The minimum atomic E-state index is -0.226. The average Bonchev–Trinajstić information content (AvgIpc) is 2.93. The number of fused-ring (bicyclic) bond motifs is 1. The summed E-state index contributed by atoms with van der Waals surface area (Å²) in [7, 11) is 0. The molecule has 1 fully saturated rings. The van der Waals surface area contributed by atoms with Crippen LogP contribution in [0.2, 0.25) is 0 Å². The molecule has 0 aliphatic heterocycles. The highest BCUT2D eigenvalue weighted by Crippen LogP contribution is 2.39. The standard InChI is InChI=1S/C13H15FN2S2/c1-18-11-7-3-5-9(11)16-10-6-2-4-8(14)12(10)15-13(16)17/h2,4,6,9,11H,3,5,7H2,1H3,(H,15,17). The van der Waals surface area contributed by atoms with Crippen LogP contribution in [0.25, 0.3) is 11.0 Å². The second kappa shape index (κ2) is 4.70. The van der Waals surface area contributed by atoms with Gasteiger partial charge in [0.1, 0.15) is 11.3 Å². The Bertz CT molecular complexity index is 631. The largest absolute Gasteiger partial charge is 0.328 e. The Balaban J connectivity index is 2.20. The zero-order chi connectivity index (χ0) is 12.7. The quantitative estimate of drug-likeness (QED) is 0.829. The van der Waals surface area contributed by atoms with Crippen molar-refractivity contribution in [3.8, 4) is 0 Å². The maximum atomic E-state index is 13.7. The van der Waals surface area contributed by atoms with Crippen LogP contribution >= 0.6 is 24.0 Å². The third-order valence-corrected chi connectivity index (χ3v) is 5.21. The molecule has 2 aromatic rings. The number of H-pyrrole nitrogens is 1. The van der Waals surface area contributed by atoms with Gasteiger partial charge in [0.15, 0.2) is 4.77 Å². The number of halogens is 1. The van der Waals surface area contributed by atoms with E-state index in [1.165, 1.54) is 18.9 Å². The minimum Gasteiger partial charge on any atom is -0.328 e. The molecule has 0 bridgehead atoms. The highest BCUT2D eigenvalue weighted by Gasteiger charge is 2.29. The van der Waals surface area contributed by atoms with Crippen molar-refractivity contribution in [3.05, 3.63) is 28.8 Å². The van der Waals surface area contributed by atoms with Crippen LogP contribution in [0.5, 0.6) is 0 Å². The number of imidazole rings is 1. The van der Waals surface area contributed by atoms with E-state index in [2.05, 4.69) is 15.8 Å². The van der Waals surface area contributed by atoms with Crippen LogP contribution < -0.4 is 0 Å². The summed E-state index contributed by atoms with van der Waals surface area (Å²) in [5, 5.41) is 0.582. The Labute approximate surface area is 115 Å². The smallest absolute Gasteiger partial charge is 0.178 e. The molecule has 2 nitrogen and oxygen atoms in total. The predicted octanol–water partition coefficient (Wildman–Crippen LogP) is 4.29. The van der Waals surface area contributed by atoms with Crippen molar-refractivity contribution in [2.24, 2.45) is 0 Å². The third-order valence-electron chi connectivity index (χ3n) is 3.75. The molecule has 18 heavy (non-hydrogen) atoms. The first-order valence-corrected chi connectivity index (χ1v) is 7.83. The summed E-state index contributed by atoms with van der Waals surface area (Å²) >= 11 is 7.27. The molecule has 5 heteroatoms. The van der Waals surface area contributed by atoms with Gasteiger partial charge in [-0.3, -0.25) is 0 Å². The molecule has 1 aromatic carbocycles. The Kier molecular flexibility index (Phi) is 3.20. The summed E-state index contributed by atoms with van der Waals surface area (Å²) in [6.45, 7) is 0. The molecule has 96 valence electrons. The Morgan fingerprint density at radius 1 is 1.44 bits per heavy atom. The molecule has 0 saturated heterocycles. The monoisotopic (exact) mass is 282 g/mol. The van der Waals surface area contributed by atoms with Gasteiger partial charge in [0.25, 0.3) is 0 Å². The van der Waals surface area contributed by atoms with E-state index in [1.807, 2.05) is 17.8 Å². The van der Waals surface area contributed by atoms with Crippen molar-refractivity contribution < 1.29 is 4.39 Å². The van der Waals surface area contributed by atoms with Gasteiger partial charge in [0.05, 0.1) is 5.52 Å². The predicted molar refractivity (Wildman–Crippen MR) is 77.3 cm³/mol. The fourth-order valence-corrected chi connectivity index (χ4v) is 4.23. The highest BCUT2D eigenvalue weighted by molar-refractivity contribution is 7.99. The van der Waals surface area contributed by atoms with Crippen LogP contribution in [-0.4, -0.2) is 21.1 Å². The molecule has 0 radical (unpaired) electrons. The van der Waals surface area contributed by atoms with Crippen molar-refractivity contribution in [3.63, 3.8) is 0 Å². The van der Waals surface area contributed by atoms with E-state index < -0.39 is 0 Å². The van der Waals surface area contributed by atoms with Crippen LogP contribution in [0.15, 0.2) is 18.2 Å². The molecule has 2 unspecified atom stereocenters. The molecule has 1 saturated carbocycles. The van der Waals surface area contributed by atoms with Crippen LogP contribution in [0.1, 0.15) is 25.3 Å². The number of nitrogens with zero attached hydrogens (tertiary/aromatic N) is 1. The zero-order valence-electron chi connectivity index (χ0n) is 10.1. The summed E-state index contributed by atoms with van der Waals surface area (Å²) < 4.78 is 16.5. The molecule has 3 rings (SSSR count). The Morgan fingerprint density at radius 3 is 3.06 bits per heavy atom. The summed E-state index contributed by atoms with van der Waals surface area (Å²) in [6, 6.07) is 5.56. The van der Waals surface area contributed by atoms with Gasteiger partial charge in [-0.1, -0.05) is 12.5 Å². The molecule has 1 aliphatic rings. The maximum absolute atomic E-state index is 13.7. The van der Waals surface area contributed by atoms with E-state index in [9.17, 15) is 4.39 Å². The van der Waals surface area contributed by atoms with Crippen LogP contribution in [0, 0.1) is 10.6 Å². The van der Waals surface area contributed by atoms with E-state index in [0.717, 1.165) is 11.9 Å². The molecule has 0 spiro atoms. The van der Waals surface area contributed by atoms with Gasteiger partial charge in [-0.05, 0) is 43.4 Å². The lowest BCUT2D eigenvalue weighted by atomic mass is 10.2. The molecule has 1 N–H and O–H groups in total. The van der Waals surface area contributed by atoms with E-state index in [-0.39, 0.29) is 5.82 Å². The lowest BCUT2D eigenvalue weighted by molar-refractivity contribution is 0.536. The van der Waals surface area contributed by atoms with Crippen molar-refractivity contribution in [1.29, 1.82) is 0 Å². The van der Waals surface area contributed by atoms with Gasteiger partial charge in [-0.2, -0.15) is 11.8 Å². The summed E-state index contributed by atoms with van der Waals surface area (Å²) in [5.41, 5.74) is 1.43. The first-order chi connectivity index (χ1) is 8.72. The van der Waals surface area contributed by atoms with Crippen LogP contribution in [0.4, 0.5) is 4.39 Å². The number of benzene rings is 1. The summed E-state index contributed by atoms with van der Waals surface area (Å²) in [6.07, 6.45) is 5.71. The van der Waals surface area contributed by atoms with Crippen molar-refractivity contribution in [2.45, 2.75) is 30.6 Å². The summed E-state index contributed by atoms with van der Waals surface area (Å²) in [5.74, 6) is -0.226. The van der Waals surface area contributed by atoms with Crippen molar-refractivity contribution >= 4 is 35.0 Å². The Hall–Kier alpha value is -0.810. The van der Waals surface area contributed by atoms with E-state index in [1.54, 1.807) is 6.07 Å². The van der Waals surface area contributed by atoms with Gasteiger partial charge in [0, 0.05) is 11.3 Å². The first kappa shape index (κ1) is 12.2. The first-order valence-electron chi connectivity index (χ1n) is 6.14. The van der Waals surface area contributed by atoms with Crippen molar-refractivity contribution in [2.75, 3.05) is 6.26 Å². The average molecular weight is 282 g/mol. The normalized spacial score (nSPS) is 23.9. The molecule has 2 atom stereocenters. The number of hydrogen-bond donors (Lipinski definition) is 1. The van der Waals surface area contributed by atoms with Gasteiger partial charge >= 0.3 is 0 Å². The number of aromatic amines is 1. The van der Waals surface area contributed by atoms with E-state index >= 15 is 0 Å². The number of thioether (sulfide) groups is 1. The number of nitrogens with one attached hydrogen (secondary N) is 1. The number of hydrogen-bond acceptors (Lipinski definition) is 2. The second-order valence-corrected chi connectivity index (χ2v) is 6.17. The third kappa shape index (κ3) is 1.80. The maximum Gasteiger partial charge on any atom is 0.178 e. The summed E-state index contributed by atoms with van der Waals surface area (Å²) in [4.78, 5) is 3.01. The Morgan fingerprint density at radius 2 is 2.28 bits per heavy atom. The topological polar surface area (TPSA) is 20.7 Å². The molecular weight excluding hydrogens is 267 g/mol. The highest BCUT2D eigenvalue weighted by atomic mass is 32.2. The van der Waals surface area contributed by atoms with E-state index in [4.69, 9.17) is 12.2 Å². The number of rotatable bonds is 2. The van der Waals surface area contributed by atoms with Crippen molar-refractivity contribution in [1.82, 2.24) is 9.55 Å². The lowest BCUT2D eigenvalue weighted by Crippen LogP contribution is -2.15. The zero-order valence-corrected chi connectivity index (χ0v) is 11.8. The molecular formula is C13H15FN2S2. The fraction of sp³-hybridized carbons (Fsp3) is 0.462. The van der Waals surface area contributed by atoms with Gasteiger partial charge in [0.2, 0.25) is 0 Å². The number of para-hydroxylation sites is 1. The molecule has 1 aliphatic carbocycles.